The molecule has 130 valence electrons. The van der Waals surface area contributed by atoms with Crippen LogP contribution in [-0.2, 0) is 0 Å². The van der Waals surface area contributed by atoms with Crippen molar-refractivity contribution in [1.29, 1.82) is 0 Å². The van der Waals surface area contributed by atoms with Crippen molar-refractivity contribution in [3.05, 3.63) is 54.1 Å². The summed E-state index contributed by atoms with van der Waals surface area (Å²) in [6, 6.07) is 7.57. The third kappa shape index (κ3) is 3.76. The number of nitrogens with zero attached hydrogens (tertiary/aromatic N) is 5. The Balaban J connectivity index is 1.63. The number of aromatic nitrogens is 2. The molecule has 0 aliphatic carbocycles. The second-order valence-corrected chi connectivity index (χ2v) is 6.12. The highest BCUT2D eigenvalue weighted by molar-refractivity contribution is 5.96. The van der Waals surface area contributed by atoms with Gasteiger partial charge in [-0.1, -0.05) is 6.07 Å². The number of carbonyl (C=O) groups is 2. The summed E-state index contributed by atoms with van der Waals surface area (Å²) in [5.41, 5.74) is 1.99. The Labute approximate surface area is 146 Å². The molecule has 3 rings (SSSR count). The molecule has 0 bridgehead atoms. The van der Waals surface area contributed by atoms with Gasteiger partial charge in [0.05, 0.1) is 6.20 Å². The second-order valence-electron chi connectivity index (χ2n) is 6.12. The van der Waals surface area contributed by atoms with Crippen LogP contribution in [0.2, 0.25) is 0 Å². The first kappa shape index (κ1) is 16.9. The lowest BCUT2D eigenvalue weighted by molar-refractivity contribution is 0.0532. The summed E-state index contributed by atoms with van der Waals surface area (Å²) >= 11 is 0. The molecule has 2 aromatic rings. The molecule has 1 saturated heterocycles. The minimum Gasteiger partial charge on any atom is -0.378 e. The highest BCUT2D eigenvalue weighted by atomic mass is 16.2. The van der Waals surface area contributed by atoms with E-state index in [0.29, 0.717) is 37.4 Å². The quantitative estimate of drug-likeness (QED) is 0.839. The van der Waals surface area contributed by atoms with Crippen LogP contribution in [-0.4, -0.2) is 71.9 Å². The fourth-order valence-corrected chi connectivity index (χ4v) is 2.78. The minimum absolute atomic E-state index is 0.00435. The topological polar surface area (TPSA) is 69.6 Å². The molecule has 0 saturated carbocycles. The third-order valence-electron chi connectivity index (χ3n) is 4.25. The van der Waals surface area contributed by atoms with Gasteiger partial charge in [-0.3, -0.25) is 14.6 Å². The van der Waals surface area contributed by atoms with E-state index in [1.807, 2.05) is 43.3 Å². The van der Waals surface area contributed by atoms with Gasteiger partial charge in [-0.15, -0.1) is 0 Å². The van der Waals surface area contributed by atoms with Crippen molar-refractivity contribution in [2.75, 3.05) is 45.2 Å². The van der Waals surface area contributed by atoms with Crippen LogP contribution in [0.5, 0.6) is 0 Å². The van der Waals surface area contributed by atoms with E-state index in [9.17, 15) is 9.59 Å². The molecule has 25 heavy (non-hydrogen) atoms. The number of rotatable bonds is 3. The number of hydrogen-bond donors (Lipinski definition) is 0. The number of anilines is 1. The Bertz CT molecular complexity index is 755. The van der Waals surface area contributed by atoms with Gasteiger partial charge in [0.15, 0.2) is 0 Å². The van der Waals surface area contributed by atoms with E-state index in [1.165, 1.54) is 18.6 Å². The van der Waals surface area contributed by atoms with E-state index in [1.54, 1.807) is 9.80 Å². The Morgan fingerprint density at radius 2 is 1.68 bits per heavy atom. The van der Waals surface area contributed by atoms with Gasteiger partial charge in [-0.2, -0.15) is 0 Å². The first-order valence-corrected chi connectivity index (χ1v) is 8.18. The van der Waals surface area contributed by atoms with Crippen LogP contribution in [0.4, 0.5) is 5.69 Å². The van der Waals surface area contributed by atoms with Crippen molar-refractivity contribution < 1.29 is 9.59 Å². The maximum Gasteiger partial charge on any atom is 0.274 e. The zero-order chi connectivity index (χ0) is 17.8. The van der Waals surface area contributed by atoms with E-state index < -0.39 is 0 Å². The molecule has 1 aromatic carbocycles. The van der Waals surface area contributed by atoms with Gasteiger partial charge in [0.2, 0.25) is 0 Å². The number of piperazine rings is 1. The van der Waals surface area contributed by atoms with Gasteiger partial charge in [-0.25, -0.2) is 4.98 Å². The smallest absolute Gasteiger partial charge is 0.274 e. The Kier molecular flexibility index (Phi) is 4.92. The average Bonchev–Trinajstić information content (AvgIpc) is 2.67. The molecule has 0 unspecified atom stereocenters. The van der Waals surface area contributed by atoms with Crippen LogP contribution in [0.3, 0.4) is 0 Å². The zero-order valence-electron chi connectivity index (χ0n) is 14.4. The first-order chi connectivity index (χ1) is 12.1. The minimum atomic E-state index is -0.144. The maximum atomic E-state index is 12.7. The van der Waals surface area contributed by atoms with Crippen LogP contribution in [0.25, 0.3) is 0 Å². The van der Waals surface area contributed by atoms with E-state index in [4.69, 9.17) is 0 Å². The average molecular weight is 339 g/mol. The van der Waals surface area contributed by atoms with Crippen LogP contribution < -0.4 is 4.90 Å². The molecule has 2 heterocycles. The first-order valence-electron chi connectivity index (χ1n) is 8.18. The van der Waals surface area contributed by atoms with Crippen molar-refractivity contribution in [3.63, 3.8) is 0 Å². The number of carbonyl (C=O) groups excluding carboxylic acids is 2. The predicted molar refractivity (Wildman–Crippen MR) is 94.6 cm³/mol. The molecule has 1 aliphatic rings. The summed E-state index contributed by atoms with van der Waals surface area (Å²) < 4.78 is 0. The van der Waals surface area contributed by atoms with E-state index >= 15 is 0 Å². The van der Waals surface area contributed by atoms with Crippen LogP contribution in [0.1, 0.15) is 20.8 Å². The highest BCUT2D eigenvalue weighted by Crippen LogP contribution is 2.16. The molecular weight excluding hydrogens is 318 g/mol. The van der Waals surface area contributed by atoms with Gasteiger partial charge in [-0.05, 0) is 18.2 Å². The van der Waals surface area contributed by atoms with E-state index in [2.05, 4.69) is 9.97 Å². The van der Waals surface area contributed by atoms with Crippen LogP contribution in [0.15, 0.2) is 42.9 Å². The number of benzene rings is 1. The summed E-state index contributed by atoms with van der Waals surface area (Å²) in [5.74, 6) is -0.148. The van der Waals surface area contributed by atoms with Gasteiger partial charge in [0.1, 0.15) is 5.69 Å². The monoisotopic (exact) mass is 339 g/mol. The number of amides is 2. The molecule has 2 amide bonds. The van der Waals surface area contributed by atoms with Crippen molar-refractivity contribution in [1.82, 2.24) is 19.8 Å². The molecule has 0 N–H and O–H groups in total. The second kappa shape index (κ2) is 7.29. The van der Waals surface area contributed by atoms with Crippen LogP contribution in [0, 0.1) is 0 Å². The lowest BCUT2D eigenvalue weighted by atomic mass is 10.1. The molecule has 1 aromatic heterocycles. The summed E-state index contributed by atoms with van der Waals surface area (Å²) in [6.45, 7) is 2.01. The molecule has 7 nitrogen and oxygen atoms in total. The van der Waals surface area contributed by atoms with E-state index in [-0.39, 0.29) is 11.8 Å². The predicted octanol–water partition coefficient (Wildman–Crippen LogP) is 1.14. The normalized spacial score (nSPS) is 14.3. The fraction of sp³-hybridized carbons (Fsp3) is 0.333. The van der Waals surface area contributed by atoms with E-state index in [0.717, 1.165) is 5.69 Å². The van der Waals surface area contributed by atoms with Crippen molar-refractivity contribution >= 4 is 17.5 Å². The third-order valence-corrected chi connectivity index (χ3v) is 4.25. The Hall–Kier alpha value is -2.96. The highest BCUT2D eigenvalue weighted by Gasteiger charge is 2.26. The van der Waals surface area contributed by atoms with Gasteiger partial charge >= 0.3 is 0 Å². The molecule has 7 heteroatoms. The SMILES string of the molecule is CN(C)c1cccc(C(=O)N2CCN(C(=O)c3cnccn3)CC2)c1. The van der Waals surface area contributed by atoms with Gasteiger partial charge in [0, 0.05) is 63.9 Å². The molecule has 0 radical (unpaired) electrons. The molecular formula is C18H21N5O2. The Morgan fingerprint density at radius 1 is 1.00 bits per heavy atom. The summed E-state index contributed by atoms with van der Waals surface area (Å²) in [7, 11) is 3.89. The van der Waals surface area contributed by atoms with Crippen molar-refractivity contribution in [2.24, 2.45) is 0 Å². The lowest BCUT2D eigenvalue weighted by Crippen LogP contribution is -2.50. The van der Waals surface area contributed by atoms with Crippen LogP contribution >= 0.6 is 0 Å². The molecule has 0 atom stereocenters. The number of hydrogen-bond acceptors (Lipinski definition) is 5. The summed E-state index contributed by atoms with van der Waals surface area (Å²) in [6.07, 6.45) is 4.51. The van der Waals surface area contributed by atoms with Gasteiger partial charge < -0.3 is 14.7 Å². The van der Waals surface area contributed by atoms with Crippen molar-refractivity contribution in [3.8, 4) is 0 Å². The molecule has 1 fully saturated rings. The molecule has 0 spiro atoms. The summed E-state index contributed by atoms with van der Waals surface area (Å²) in [4.78, 5) is 38.5. The van der Waals surface area contributed by atoms with Gasteiger partial charge in [0.25, 0.3) is 11.8 Å². The maximum absolute atomic E-state index is 12.7. The Morgan fingerprint density at radius 3 is 2.28 bits per heavy atom. The largest absolute Gasteiger partial charge is 0.378 e. The fourth-order valence-electron chi connectivity index (χ4n) is 2.78. The summed E-state index contributed by atoms with van der Waals surface area (Å²) in [5, 5.41) is 0. The van der Waals surface area contributed by atoms with Crippen molar-refractivity contribution in [2.45, 2.75) is 0 Å². The molecule has 1 aliphatic heterocycles. The zero-order valence-corrected chi connectivity index (χ0v) is 14.4. The standard InChI is InChI=1S/C18H21N5O2/c1-21(2)15-5-3-4-14(12-15)17(24)22-8-10-23(11-9-22)18(25)16-13-19-6-7-20-16/h3-7,12-13H,8-11H2,1-2H3. The lowest BCUT2D eigenvalue weighted by Gasteiger charge is -2.34.